The lowest BCUT2D eigenvalue weighted by molar-refractivity contribution is -0.113. The van der Waals surface area contributed by atoms with E-state index in [0.717, 1.165) is 33.2 Å². The zero-order valence-electron chi connectivity index (χ0n) is 17.3. The summed E-state index contributed by atoms with van der Waals surface area (Å²) in [5.74, 6) is 0.808. The largest absolute Gasteiger partial charge is 0.497 e. The number of aromatic nitrogens is 1. The Morgan fingerprint density at radius 3 is 2.48 bits per heavy atom. The molecule has 0 fully saturated rings. The molecule has 33 heavy (non-hydrogen) atoms. The molecule has 0 aliphatic heterocycles. The first-order valence-corrected chi connectivity index (χ1v) is 13.8. The van der Waals surface area contributed by atoms with Crippen LogP contribution in [0, 0.1) is 0 Å². The number of rotatable bonds is 9. The van der Waals surface area contributed by atoms with Gasteiger partial charge < -0.3 is 10.1 Å². The third-order valence-electron chi connectivity index (χ3n) is 4.37. The standard InChI is InChI=1S/C22H19N3O4S4/c1-29-17-8-4-15(5-9-17)19-13-32-22(23-19)24-20(26)14-31-18-10-6-16(7-11-18)25-33(27,28)21-3-2-12-30-21/h2-13,25H,14H2,1H3,(H,23,24,26). The number of thiophene rings is 1. The minimum absolute atomic E-state index is 0.168. The highest BCUT2D eigenvalue weighted by Crippen LogP contribution is 2.27. The Morgan fingerprint density at radius 2 is 1.82 bits per heavy atom. The van der Waals surface area contributed by atoms with Crippen LogP contribution >= 0.6 is 34.4 Å². The van der Waals surface area contributed by atoms with E-state index < -0.39 is 10.0 Å². The van der Waals surface area contributed by atoms with E-state index >= 15 is 0 Å². The number of methoxy groups -OCH3 is 1. The van der Waals surface area contributed by atoms with Gasteiger partial charge in [0.05, 0.1) is 18.6 Å². The van der Waals surface area contributed by atoms with Crippen LogP contribution in [-0.4, -0.2) is 32.2 Å². The van der Waals surface area contributed by atoms with Crippen LogP contribution in [0.1, 0.15) is 0 Å². The monoisotopic (exact) mass is 517 g/mol. The Kier molecular flexibility index (Phi) is 7.33. The van der Waals surface area contributed by atoms with Crippen molar-refractivity contribution in [2.24, 2.45) is 0 Å². The molecule has 0 aliphatic rings. The van der Waals surface area contributed by atoms with Gasteiger partial charge >= 0.3 is 0 Å². The molecule has 0 unspecified atom stereocenters. The van der Waals surface area contributed by atoms with Crippen molar-refractivity contribution in [3.05, 3.63) is 71.4 Å². The average molecular weight is 518 g/mol. The summed E-state index contributed by atoms with van der Waals surface area (Å²) < 4.78 is 32.5. The average Bonchev–Trinajstić information content (AvgIpc) is 3.52. The molecule has 0 spiro atoms. The number of carbonyl (C=O) groups excluding carboxylic acids is 1. The number of thiazole rings is 1. The van der Waals surface area contributed by atoms with Crippen molar-refractivity contribution in [3.8, 4) is 17.0 Å². The number of sulfonamides is 1. The maximum Gasteiger partial charge on any atom is 0.271 e. The van der Waals surface area contributed by atoms with Gasteiger partial charge in [0, 0.05) is 21.5 Å². The maximum atomic E-state index is 12.3. The van der Waals surface area contributed by atoms with E-state index in [0.29, 0.717) is 10.8 Å². The van der Waals surface area contributed by atoms with Crippen molar-refractivity contribution in [3.63, 3.8) is 0 Å². The fourth-order valence-electron chi connectivity index (χ4n) is 2.77. The van der Waals surface area contributed by atoms with Crippen molar-refractivity contribution in [1.82, 2.24) is 4.98 Å². The summed E-state index contributed by atoms with van der Waals surface area (Å²) in [7, 11) is -1.96. The first-order chi connectivity index (χ1) is 15.9. The smallest absolute Gasteiger partial charge is 0.271 e. The number of thioether (sulfide) groups is 1. The number of anilines is 2. The molecule has 0 radical (unpaired) electrons. The van der Waals surface area contributed by atoms with E-state index in [1.165, 1.54) is 23.1 Å². The lowest BCUT2D eigenvalue weighted by Gasteiger charge is -2.07. The summed E-state index contributed by atoms with van der Waals surface area (Å²) in [6, 6.07) is 17.7. The second kappa shape index (κ2) is 10.4. The highest BCUT2D eigenvalue weighted by molar-refractivity contribution is 8.00. The predicted octanol–water partition coefficient (Wildman–Crippen LogP) is 5.41. The van der Waals surface area contributed by atoms with E-state index in [4.69, 9.17) is 4.74 Å². The topological polar surface area (TPSA) is 97.4 Å². The first-order valence-electron chi connectivity index (χ1n) is 9.62. The van der Waals surface area contributed by atoms with Crippen LogP contribution in [0.3, 0.4) is 0 Å². The van der Waals surface area contributed by atoms with Gasteiger partial charge in [0.15, 0.2) is 5.13 Å². The van der Waals surface area contributed by atoms with E-state index in [-0.39, 0.29) is 15.9 Å². The molecule has 170 valence electrons. The summed E-state index contributed by atoms with van der Waals surface area (Å²) in [5, 5.41) is 6.95. The van der Waals surface area contributed by atoms with E-state index in [1.54, 1.807) is 48.9 Å². The van der Waals surface area contributed by atoms with Gasteiger partial charge in [0.25, 0.3) is 10.0 Å². The molecule has 2 aromatic heterocycles. The number of nitrogens with one attached hydrogen (secondary N) is 2. The highest BCUT2D eigenvalue weighted by Gasteiger charge is 2.15. The lowest BCUT2D eigenvalue weighted by Crippen LogP contribution is -2.13. The molecule has 0 atom stereocenters. The normalized spacial score (nSPS) is 11.2. The molecule has 2 aromatic carbocycles. The van der Waals surface area contributed by atoms with Crippen molar-refractivity contribution < 1.29 is 17.9 Å². The van der Waals surface area contributed by atoms with E-state index in [2.05, 4.69) is 15.0 Å². The molecule has 0 aliphatic carbocycles. The molecule has 1 amide bonds. The highest BCUT2D eigenvalue weighted by atomic mass is 32.2. The fraction of sp³-hybridized carbons (Fsp3) is 0.0909. The summed E-state index contributed by atoms with van der Waals surface area (Å²) in [6.45, 7) is 0. The Bertz CT molecular complexity index is 1320. The predicted molar refractivity (Wildman–Crippen MR) is 135 cm³/mol. The summed E-state index contributed by atoms with van der Waals surface area (Å²) in [5.41, 5.74) is 2.19. The van der Waals surface area contributed by atoms with E-state index in [9.17, 15) is 13.2 Å². The number of carbonyl (C=O) groups is 1. The number of nitrogens with zero attached hydrogens (tertiary/aromatic N) is 1. The van der Waals surface area contributed by atoms with Crippen LogP contribution < -0.4 is 14.8 Å². The van der Waals surface area contributed by atoms with Crippen LogP contribution in [0.4, 0.5) is 10.8 Å². The van der Waals surface area contributed by atoms with Gasteiger partial charge in [-0.3, -0.25) is 9.52 Å². The maximum absolute atomic E-state index is 12.3. The van der Waals surface area contributed by atoms with Crippen molar-refractivity contribution >= 4 is 61.2 Å². The molecule has 4 rings (SSSR count). The van der Waals surface area contributed by atoms with Gasteiger partial charge in [-0.05, 0) is 60.0 Å². The molecule has 2 N–H and O–H groups in total. The third-order valence-corrected chi connectivity index (χ3v) is 8.92. The number of benzene rings is 2. The molecule has 7 nitrogen and oxygen atoms in total. The zero-order chi connectivity index (χ0) is 23.3. The Morgan fingerprint density at radius 1 is 1.06 bits per heavy atom. The minimum atomic E-state index is -3.58. The second-order valence-electron chi connectivity index (χ2n) is 6.67. The fourth-order valence-corrected chi connectivity index (χ4v) is 6.26. The molecular weight excluding hydrogens is 499 g/mol. The first kappa shape index (κ1) is 23.3. The Labute approximate surface area is 203 Å². The number of amides is 1. The van der Waals surface area contributed by atoms with E-state index in [1.807, 2.05) is 29.6 Å². The zero-order valence-corrected chi connectivity index (χ0v) is 20.6. The van der Waals surface area contributed by atoms with Gasteiger partial charge in [-0.25, -0.2) is 13.4 Å². The van der Waals surface area contributed by atoms with Crippen LogP contribution in [-0.2, 0) is 14.8 Å². The molecule has 4 aromatic rings. The third kappa shape index (κ3) is 6.14. The summed E-state index contributed by atoms with van der Waals surface area (Å²) in [4.78, 5) is 17.6. The number of hydrogen-bond donors (Lipinski definition) is 2. The van der Waals surface area contributed by atoms with Crippen LogP contribution in [0.2, 0.25) is 0 Å². The van der Waals surface area contributed by atoms with Gasteiger partial charge in [-0.2, -0.15) is 0 Å². The van der Waals surface area contributed by atoms with Crippen LogP contribution in [0.5, 0.6) is 5.75 Å². The summed E-state index contributed by atoms with van der Waals surface area (Å²) >= 11 is 3.88. The summed E-state index contributed by atoms with van der Waals surface area (Å²) in [6.07, 6.45) is 0. The van der Waals surface area contributed by atoms with Crippen LogP contribution in [0.25, 0.3) is 11.3 Å². The molecule has 0 saturated carbocycles. The van der Waals surface area contributed by atoms with Gasteiger partial charge in [-0.15, -0.1) is 34.4 Å². The lowest BCUT2D eigenvalue weighted by atomic mass is 10.2. The quantitative estimate of drug-likeness (QED) is 0.288. The van der Waals surface area contributed by atoms with Gasteiger partial charge in [0.2, 0.25) is 5.91 Å². The molecular formula is C22H19N3O4S4. The molecule has 2 heterocycles. The number of hydrogen-bond acceptors (Lipinski definition) is 8. The number of ether oxygens (including phenoxy) is 1. The Balaban J connectivity index is 1.29. The molecule has 0 saturated heterocycles. The van der Waals surface area contributed by atoms with Crippen molar-refractivity contribution in [2.75, 3.05) is 22.9 Å². The minimum Gasteiger partial charge on any atom is -0.497 e. The molecule has 11 heteroatoms. The molecule has 0 bridgehead atoms. The van der Waals surface area contributed by atoms with Gasteiger partial charge in [0.1, 0.15) is 9.96 Å². The van der Waals surface area contributed by atoms with Crippen molar-refractivity contribution in [1.29, 1.82) is 0 Å². The second-order valence-corrected chi connectivity index (χ2v) is 11.4. The van der Waals surface area contributed by atoms with Gasteiger partial charge in [-0.1, -0.05) is 6.07 Å². The van der Waals surface area contributed by atoms with Crippen LogP contribution in [0.15, 0.2) is 80.5 Å². The Hall–Kier alpha value is -2.86. The SMILES string of the molecule is COc1ccc(-c2csc(NC(=O)CSc3ccc(NS(=O)(=O)c4cccs4)cc3)n2)cc1. The van der Waals surface area contributed by atoms with Crippen molar-refractivity contribution in [2.45, 2.75) is 9.10 Å².